The van der Waals surface area contributed by atoms with E-state index < -0.39 is 7.14 Å². The summed E-state index contributed by atoms with van der Waals surface area (Å²) in [7, 11) is -3.16. The van der Waals surface area contributed by atoms with Gasteiger partial charge in [-0.3, -0.25) is 4.57 Å². The fraction of sp³-hybridized carbons (Fsp3) is 0.102. The summed E-state index contributed by atoms with van der Waals surface area (Å²) in [5.74, 6) is 0.824. The number of pyridine rings is 1. The summed E-state index contributed by atoms with van der Waals surface area (Å²) in [6, 6.07) is 62.8. The minimum Gasteiger partial charge on any atom is -0.456 e. The molecule has 0 saturated heterocycles. The average Bonchev–Trinajstić information content (AvgIpc) is 4.03. The Bertz CT molecular complexity index is 3720. The van der Waals surface area contributed by atoms with Crippen molar-refractivity contribution in [1.82, 2.24) is 14.1 Å². The van der Waals surface area contributed by atoms with Gasteiger partial charge < -0.3 is 13.5 Å². The van der Waals surface area contributed by atoms with Gasteiger partial charge in [0, 0.05) is 60.1 Å². The van der Waals surface area contributed by atoms with Crippen molar-refractivity contribution in [2.45, 2.75) is 38.5 Å². The summed E-state index contributed by atoms with van der Waals surface area (Å²) in [5, 5.41) is 7.00. The maximum absolute atomic E-state index is 15.3. The third-order valence-corrected chi connectivity index (χ3v) is 16.9. The number of allylic oxidation sites excluding steroid dienone is 1. The molecule has 0 aliphatic heterocycles. The first kappa shape index (κ1) is 38.0. The number of hydrogen-bond acceptors (Lipinski definition) is 3. The first-order valence-electron chi connectivity index (χ1n) is 22.8. The Kier molecular flexibility index (Phi) is 8.83. The smallest absolute Gasteiger partial charge is 0.171 e. The third-order valence-electron chi connectivity index (χ3n) is 13.9. The first-order valence-corrected chi connectivity index (χ1v) is 24.5. The molecule has 0 fully saturated rings. The van der Waals surface area contributed by atoms with Crippen LogP contribution in [0.15, 0.2) is 192 Å². The standard InChI is InChI=1S/C59H44N3O2P/c63-65(43-16-3-1-4-17-43,44-18-5-2-6-19-44)45-20-13-15-41(35-45)52-24-14-28-59(60-52)62-55-27-12-9-23-48(55)49-36-39(29-32-56(49)62)40-30-33-57-50(37-40)51-38-42(31-34-58(51)64-57)61-53-25-10-7-21-46(53)47-22-8-11-26-54(47)61/h1-7,9,12-21,23-24,27-38H,8,10-11,22,25-26H2. The Morgan fingerprint density at radius 1 is 0.492 bits per heavy atom. The van der Waals surface area contributed by atoms with Crippen LogP contribution in [0.4, 0.5) is 0 Å². The predicted octanol–water partition coefficient (Wildman–Crippen LogP) is 13.7. The van der Waals surface area contributed by atoms with Gasteiger partial charge in [0.2, 0.25) is 0 Å². The fourth-order valence-corrected chi connectivity index (χ4v) is 13.5. The van der Waals surface area contributed by atoms with E-state index in [2.05, 4.69) is 124 Å². The van der Waals surface area contributed by atoms with E-state index in [1.165, 1.54) is 41.9 Å². The van der Waals surface area contributed by atoms with Crippen molar-refractivity contribution < 1.29 is 8.98 Å². The van der Waals surface area contributed by atoms with Crippen LogP contribution in [0.25, 0.3) is 83.7 Å². The molecule has 312 valence electrons. The molecule has 0 unspecified atom stereocenters. The lowest BCUT2D eigenvalue weighted by atomic mass is 9.92. The van der Waals surface area contributed by atoms with E-state index in [4.69, 9.17) is 9.40 Å². The molecule has 5 nitrogen and oxygen atoms in total. The second-order valence-electron chi connectivity index (χ2n) is 17.6. The number of aromatic nitrogens is 3. The Hall–Kier alpha value is -7.46. The molecule has 0 atom stereocenters. The highest BCUT2D eigenvalue weighted by molar-refractivity contribution is 7.85. The van der Waals surface area contributed by atoms with Gasteiger partial charge in [-0.1, -0.05) is 127 Å². The molecule has 0 saturated carbocycles. The van der Waals surface area contributed by atoms with Crippen molar-refractivity contribution in [2.75, 3.05) is 0 Å². The van der Waals surface area contributed by atoms with Crippen LogP contribution in [0.1, 0.15) is 41.8 Å². The number of para-hydroxylation sites is 1. The second kappa shape index (κ2) is 15.1. The monoisotopic (exact) mass is 857 g/mol. The highest BCUT2D eigenvalue weighted by Crippen LogP contribution is 2.44. The van der Waals surface area contributed by atoms with Crippen molar-refractivity contribution in [1.29, 1.82) is 0 Å². The molecule has 6 heteroatoms. The van der Waals surface area contributed by atoms with Crippen LogP contribution in [0.2, 0.25) is 0 Å². The Morgan fingerprint density at radius 2 is 1.17 bits per heavy atom. The number of fused-ring (bicyclic) bond motifs is 9. The highest BCUT2D eigenvalue weighted by atomic mass is 31.2. The number of furan rings is 1. The van der Waals surface area contributed by atoms with Crippen LogP contribution in [0.3, 0.4) is 0 Å². The molecule has 65 heavy (non-hydrogen) atoms. The van der Waals surface area contributed by atoms with Crippen molar-refractivity contribution >= 4 is 72.9 Å². The van der Waals surface area contributed by atoms with Crippen LogP contribution >= 0.6 is 7.14 Å². The van der Waals surface area contributed by atoms with Gasteiger partial charge in [0.25, 0.3) is 0 Å². The SMILES string of the molecule is O=P(c1ccccc1)(c1ccccc1)c1cccc(-c2cccc(-n3c4ccccc4c4cc(-c5ccc6oc7ccc(-n8c9c(c%10c8CCCC%10)C=CCC9)cc7c6c5)ccc43)n2)c1. The second-order valence-corrected chi connectivity index (χ2v) is 20.3. The quantitative estimate of drug-likeness (QED) is 0.150. The minimum absolute atomic E-state index is 0.779. The van der Waals surface area contributed by atoms with Gasteiger partial charge in [-0.25, -0.2) is 4.98 Å². The molecule has 13 rings (SSSR count). The molecule has 0 amide bonds. The van der Waals surface area contributed by atoms with Gasteiger partial charge in [0.1, 0.15) is 17.0 Å². The molecule has 4 heterocycles. The van der Waals surface area contributed by atoms with Crippen LogP contribution in [-0.4, -0.2) is 14.1 Å². The zero-order chi connectivity index (χ0) is 43.1. The third kappa shape index (κ3) is 6.06. The van der Waals surface area contributed by atoms with Crippen LogP contribution < -0.4 is 15.9 Å². The maximum atomic E-state index is 15.3. The molecule has 4 aromatic heterocycles. The summed E-state index contributed by atoms with van der Waals surface area (Å²) in [6.07, 6.45) is 11.7. The first-order chi connectivity index (χ1) is 32.1. The Labute approximate surface area is 377 Å². The van der Waals surface area contributed by atoms with Crippen molar-refractivity contribution in [3.8, 4) is 33.9 Å². The van der Waals surface area contributed by atoms with E-state index in [0.29, 0.717) is 0 Å². The van der Waals surface area contributed by atoms with Crippen molar-refractivity contribution in [2.24, 2.45) is 0 Å². The van der Waals surface area contributed by atoms with E-state index in [9.17, 15) is 0 Å². The van der Waals surface area contributed by atoms with E-state index >= 15 is 4.57 Å². The van der Waals surface area contributed by atoms with Gasteiger partial charge in [0.15, 0.2) is 7.14 Å². The lowest BCUT2D eigenvalue weighted by molar-refractivity contribution is 0.592. The summed E-state index contributed by atoms with van der Waals surface area (Å²) >= 11 is 0. The molecule has 11 aromatic rings. The Morgan fingerprint density at radius 3 is 2.00 bits per heavy atom. The minimum atomic E-state index is -3.16. The molecule has 0 radical (unpaired) electrons. The summed E-state index contributed by atoms with van der Waals surface area (Å²) in [4.78, 5) is 5.32. The average molecular weight is 858 g/mol. The summed E-state index contributed by atoms with van der Waals surface area (Å²) in [5.41, 5.74) is 15.2. The molecule has 2 aliphatic rings. The largest absolute Gasteiger partial charge is 0.456 e. The number of nitrogens with zero attached hydrogens (tertiary/aromatic N) is 3. The molecule has 0 N–H and O–H groups in total. The van der Waals surface area contributed by atoms with Gasteiger partial charge in [-0.05, 0) is 128 Å². The summed E-state index contributed by atoms with van der Waals surface area (Å²) < 4.78 is 26.6. The molecule has 2 aliphatic carbocycles. The zero-order valence-electron chi connectivity index (χ0n) is 35.8. The lowest BCUT2D eigenvalue weighted by Gasteiger charge is -2.20. The topological polar surface area (TPSA) is 53.0 Å². The highest BCUT2D eigenvalue weighted by Gasteiger charge is 2.30. The summed E-state index contributed by atoms with van der Waals surface area (Å²) in [6.45, 7) is 0. The van der Waals surface area contributed by atoms with Gasteiger partial charge >= 0.3 is 0 Å². The van der Waals surface area contributed by atoms with Crippen LogP contribution in [0.5, 0.6) is 0 Å². The van der Waals surface area contributed by atoms with E-state index in [1.807, 2.05) is 78.9 Å². The van der Waals surface area contributed by atoms with E-state index in [0.717, 1.165) is 107 Å². The van der Waals surface area contributed by atoms with Gasteiger partial charge in [-0.15, -0.1) is 0 Å². The molecular weight excluding hydrogens is 814 g/mol. The molecule has 7 aromatic carbocycles. The van der Waals surface area contributed by atoms with Gasteiger partial charge in [-0.2, -0.15) is 0 Å². The lowest BCUT2D eigenvalue weighted by Crippen LogP contribution is -2.25. The fourth-order valence-electron chi connectivity index (χ4n) is 10.8. The zero-order valence-corrected chi connectivity index (χ0v) is 36.7. The Balaban J connectivity index is 0.896. The van der Waals surface area contributed by atoms with Crippen LogP contribution in [-0.2, 0) is 23.8 Å². The predicted molar refractivity (Wildman–Crippen MR) is 269 cm³/mol. The van der Waals surface area contributed by atoms with E-state index in [1.54, 1.807) is 5.56 Å². The maximum Gasteiger partial charge on any atom is 0.171 e. The van der Waals surface area contributed by atoms with Gasteiger partial charge in [0.05, 0.1) is 16.7 Å². The number of benzene rings is 7. The number of rotatable bonds is 7. The van der Waals surface area contributed by atoms with Crippen molar-refractivity contribution in [3.05, 3.63) is 211 Å². The normalized spacial score (nSPS) is 13.8. The molecular formula is C59H44N3O2P. The van der Waals surface area contributed by atoms with Crippen molar-refractivity contribution in [3.63, 3.8) is 0 Å². The van der Waals surface area contributed by atoms with Crippen LogP contribution in [0, 0.1) is 0 Å². The number of hydrogen-bond donors (Lipinski definition) is 0. The molecule has 0 spiro atoms. The van der Waals surface area contributed by atoms with E-state index in [-0.39, 0.29) is 0 Å². The molecule has 0 bridgehead atoms.